The van der Waals surface area contributed by atoms with Gasteiger partial charge in [-0.05, 0) is 24.1 Å². The first-order chi connectivity index (χ1) is 14.2. The third-order valence-electron chi connectivity index (χ3n) is 4.63. The molecule has 29 heavy (non-hydrogen) atoms. The summed E-state index contributed by atoms with van der Waals surface area (Å²) < 4.78 is 6.71. The number of hydrogen-bond donors (Lipinski definition) is 2. The van der Waals surface area contributed by atoms with Crippen molar-refractivity contribution in [2.75, 3.05) is 24.5 Å². The minimum atomic E-state index is -0.622. The number of anilines is 1. The van der Waals surface area contributed by atoms with Crippen molar-refractivity contribution in [1.29, 1.82) is 0 Å². The molecule has 2 aromatic heterocycles. The first kappa shape index (κ1) is 18.7. The van der Waals surface area contributed by atoms with Crippen molar-refractivity contribution >= 4 is 23.5 Å². The minimum absolute atomic E-state index is 0.0111. The van der Waals surface area contributed by atoms with Crippen LogP contribution in [0.4, 0.5) is 10.6 Å². The highest BCUT2D eigenvalue weighted by molar-refractivity contribution is 5.82. The highest BCUT2D eigenvalue weighted by Gasteiger charge is 2.25. The fraction of sp³-hybridized carbons (Fsp3) is 0.316. The van der Waals surface area contributed by atoms with Gasteiger partial charge >= 0.3 is 6.09 Å². The molecule has 2 N–H and O–H groups in total. The van der Waals surface area contributed by atoms with E-state index in [1.165, 1.54) is 0 Å². The molecule has 0 spiro atoms. The Labute approximate surface area is 166 Å². The number of aromatic nitrogens is 4. The molecule has 4 rings (SSSR count). The van der Waals surface area contributed by atoms with E-state index in [0.29, 0.717) is 12.2 Å². The number of carbonyl (C=O) groups excluding carboxylic acids is 2. The van der Waals surface area contributed by atoms with Crippen molar-refractivity contribution < 1.29 is 14.3 Å². The van der Waals surface area contributed by atoms with Crippen molar-refractivity contribution in [3.63, 3.8) is 0 Å². The van der Waals surface area contributed by atoms with Gasteiger partial charge in [0.05, 0.1) is 0 Å². The second kappa shape index (κ2) is 8.55. The third kappa shape index (κ3) is 4.78. The van der Waals surface area contributed by atoms with Gasteiger partial charge in [-0.1, -0.05) is 30.3 Å². The summed E-state index contributed by atoms with van der Waals surface area (Å²) in [5.74, 6) is 0.549. The molecule has 0 radical (unpaired) electrons. The number of alkyl carbamates (subject to hydrolysis) is 1. The molecule has 0 bridgehead atoms. The molecule has 3 heterocycles. The lowest BCUT2D eigenvalue weighted by atomic mass is 10.2. The first-order valence-corrected chi connectivity index (χ1v) is 9.33. The van der Waals surface area contributed by atoms with Crippen molar-refractivity contribution in [3.05, 3.63) is 54.4 Å². The van der Waals surface area contributed by atoms with Crippen LogP contribution < -0.4 is 15.5 Å². The summed E-state index contributed by atoms with van der Waals surface area (Å²) in [6, 6.07) is 13.1. The molecule has 3 aromatic rings. The number of rotatable bonds is 6. The van der Waals surface area contributed by atoms with Crippen LogP contribution in [0.25, 0.3) is 5.65 Å². The van der Waals surface area contributed by atoms with Crippen LogP contribution in [0.3, 0.4) is 0 Å². The van der Waals surface area contributed by atoms with E-state index in [-0.39, 0.29) is 25.1 Å². The molecule has 150 valence electrons. The Morgan fingerprint density at radius 2 is 2.03 bits per heavy atom. The molecule has 0 saturated carbocycles. The molecule has 0 unspecified atom stereocenters. The van der Waals surface area contributed by atoms with Gasteiger partial charge < -0.3 is 20.3 Å². The molecule has 0 aliphatic carbocycles. The summed E-state index contributed by atoms with van der Waals surface area (Å²) in [7, 11) is 0. The molecule has 1 atom stereocenters. The van der Waals surface area contributed by atoms with Crippen LogP contribution >= 0.6 is 0 Å². The summed E-state index contributed by atoms with van der Waals surface area (Å²) in [6.07, 6.45) is 1.73. The van der Waals surface area contributed by atoms with E-state index in [0.717, 1.165) is 24.3 Å². The molecule has 2 amide bonds. The minimum Gasteiger partial charge on any atom is -0.445 e. The number of nitrogens with zero attached hydrogens (tertiary/aromatic N) is 5. The predicted molar refractivity (Wildman–Crippen MR) is 104 cm³/mol. The Kier molecular flexibility index (Phi) is 5.50. The van der Waals surface area contributed by atoms with Gasteiger partial charge in [-0.25, -0.2) is 4.79 Å². The highest BCUT2D eigenvalue weighted by Crippen LogP contribution is 2.18. The van der Waals surface area contributed by atoms with Gasteiger partial charge in [0.2, 0.25) is 5.91 Å². The molecule has 1 saturated heterocycles. The SMILES string of the molecule is O=C(CNC(=O)OCc1ccccc1)N[C@H]1CCN(c2ccc3nncn3n2)C1. The van der Waals surface area contributed by atoms with Gasteiger partial charge in [-0.2, -0.15) is 4.52 Å². The largest absolute Gasteiger partial charge is 0.445 e. The van der Waals surface area contributed by atoms with Crippen LogP contribution in [0.5, 0.6) is 0 Å². The molecular weight excluding hydrogens is 374 g/mol. The Balaban J connectivity index is 1.19. The van der Waals surface area contributed by atoms with Crippen LogP contribution in [0, 0.1) is 0 Å². The standard InChI is InChI=1S/C19H21N7O3/c27-18(10-20-19(28)29-12-14-4-2-1-3-5-14)22-15-8-9-25(11-15)17-7-6-16-23-21-13-26(16)24-17/h1-7,13,15H,8-12H2,(H,20,28)(H,22,27)/t15-/m0/s1. The number of benzene rings is 1. The van der Waals surface area contributed by atoms with Crippen molar-refractivity contribution in [3.8, 4) is 0 Å². The zero-order valence-electron chi connectivity index (χ0n) is 15.7. The maximum atomic E-state index is 12.1. The lowest BCUT2D eigenvalue weighted by molar-refractivity contribution is -0.120. The van der Waals surface area contributed by atoms with Crippen LogP contribution in [0.2, 0.25) is 0 Å². The zero-order valence-corrected chi connectivity index (χ0v) is 15.7. The average Bonchev–Trinajstić information content (AvgIpc) is 3.40. The van der Waals surface area contributed by atoms with Crippen LogP contribution in [0.15, 0.2) is 48.8 Å². The van der Waals surface area contributed by atoms with Gasteiger partial charge in [0.15, 0.2) is 5.65 Å². The molecule has 10 nitrogen and oxygen atoms in total. The average molecular weight is 395 g/mol. The fourth-order valence-electron chi connectivity index (χ4n) is 3.18. The Bertz CT molecular complexity index is 992. The molecule has 1 aromatic carbocycles. The number of hydrogen-bond acceptors (Lipinski definition) is 7. The van der Waals surface area contributed by atoms with E-state index >= 15 is 0 Å². The molecular formula is C19H21N7O3. The normalized spacial score (nSPS) is 16.0. The third-order valence-corrected chi connectivity index (χ3v) is 4.63. The fourth-order valence-corrected chi connectivity index (χ4v) is 3.18. The predicted octanol–water partition coefficient (Wildman–Crippen LogP) is 0.746. The quantitative estimate of drug-likeness (QED) is 0.633. The lowest BCUT2D eigenvalue weighted by Gasteiger charge is -2.17. The smallest absolute Gasteiger partial charge is 0.407 e. The summed E-state index contributed by atoms with van der Waals surface area (Å²) in [6.45, 7) is 1.45. The molecule has 1 aliphatic heterocycles. The van der Waals surface area contributed by atoms with Gasteiger partial charge in [-0.15, -0.1) is 15.3 Å². The van der Waals surface area contributed by atoms with E-state index in [2.05, 4.69) is 30.8 Å². The Hall–Kier alpha value is -3.69. The van der Waals surface area contributed by atoms with Gasteiger partial charge in [0.25, 0.3) is 0 Å². The second-order valence-corrected chi connectivity index (χ2v) is 6.74. The van der Waals surface area contributed by atoms with E-state index in [4.69, 9.17) is 4.74 Å². The zero-order chi connectivity index (χ0) is 20.1. The van der Waals surface area contributed by atoms with E-state index < -0.39 is 6.09 Å². The number of nitrogens with one attached hydrogen (secondary N) is 2. The van der Waals surface area contributed by atoms with Crippen molar-refractivity contribution in [2.45, 2.75) is 19.1 Å². The van der Waals surface area contributed by atoms with E-state index in [9.17, 15) is 9.59 Å². The van der Waals surface area contributed by atoms with Gasteiger partial charge in [0, 0.05) is 19.1 Å². The second-order valence-electron chi connectivity index (χ2n) is 6.74. The number of fused-ring (bicyclic) bond motifs is 1. The summed E-state index contributed by atoms with van der Waals surface area (Å²) in [5, 5.41) is 17.6. The maximum Gasteiger partial charge on any atom is 0.407 e. The number of ether oxygens (including phenoxy) is 1. The van der Waals surface area contributed by atoms with Crippen LogP contribution in [-0.2, 0) is 16.1 Å². The van der Waals surface area contributed by atoms with E-state index in [1.807, 2.05) is 42.5 Å². The van der Waals surface area contributed by atoms with Crippen molar-refractivity contribution in [1.82, 2.24) is 30.4 Å². The number of amides is 2. The van der Waals surface area contributed by atoms with E-state index in [1.54, 1.807) is 10.8 Å². The Morgan fingerprint density at radius 3 is 2.90 bits per heavy atom. The number of carbonyl (C=O) groups is 2. The molecule has 1 aliphatic rings. The molecule has 10 heteroatoms. The topological polar surface area (TPSA) is 114 Å². The summed E-state index contributed by atoms with van der Waals surface area (Å²) in [4.78, 5) is 26.0. The Morgan fingerprint density at radius 1 is 1.17 bits per heavy atom. The molecule has 1 fully saturated rings. The highest BCUT2D eigenvalue weighted by atomic mass is 16.5. The monoisotopic (exact) mass is 395 g/mol. The van der Waals surface area contributed by atoms with Crippen LogP contribution in [-0.4, -0.2) is 57.5 Å². The maximum absolute atomic E-state index is 12.1. The first-order valence-electron chi connectivity index (χ1n) is 9.33. The summed E-state index contributed by atoms with van der Waals surface area (Å²) >= 11 is 0. The van der Waals surface area contributed by atoms with Crippen molar-refractivity contribution in [2.24, 2.45) is 0 Å². The summed E-state index contributed by atoms with van der Waals surface area (Å²) in [5.41, 5.74) is 1.57. The van der Waals surface area contributed by atoms with Crippen LogP contribution in [0.1, 0.15) is 12.0 Å². The lowest BCUT2D eigenvalue weighted by Crippen LogP contribution is -2.43. The van der Waals surface area contributed by atoms with Gasteiger partial charge in [0.1, 0.15) is 25.3 Å². The van der Waals surface area contributed by atoms with Gasteiger partial charge in [-0.3, -0.25) is 4.79 Å².